The third kappa shape index (κ3) is 4.11. The van der Waals surface area contributed by atoms with Gasteiger partial charge in [0.25, 0.3) is 0 Å². The number of carbonyl (C=O) groups excluding carboxylic acids is 1. The summed E-state index contributed by atoms with van der Waals surface area (Å²) < 4.78 is 2.10. The fourth-order valence-electron chi connectivity index (χ4n) is 3.79. The van der Waals surface area contributed by atoms with Crippen LogP contribution in [-0.2, 0) is 11.3 Å². The van der Waals surface area contributed by atoms with Crippen molar-refractivity contribution in [2.75, 3.05) is 18.8 Å². The fraction of sp³-hybridized carbons (Fsp3) is 0.550. The molecule has 2 atom stereocenters. The van der Waals surface area contributed by atoms with E-state index in [4.69, 9.17) is 0 Å². The van der Waals surface area contributed by atoms with Gasteiger partial charge >= 0.3 is 0 Å². The van der Waals surface area contributed by atoms with Crippen molar-refractivity contribution in [1.82, 2.24) is 19.7 Å². The summed E-state index contributed by atoms with van der Waals surface area (Å²) in [5.74, 6) is 2.67. The van der Waals surface area contributed by atoms with Crippen LogP contribution in [0, 0.1) is 18.8 Å². The summed E-state index contributed by atoms with van der Waals surface area (Å²) in [6.07, 6.45) is 1.21. The number of aryl methyl sites for hydroxylation is 1. The first kappa shape index (κ1) is 19.0. The van der Waals surface area contributed by atoms with Crippen LogP contribution in [0.4, 0.5) is 0 Å². The topological polar surface area (TPSA) is 51.0 Å². The highest BCUT2D eigenvalue weighted by atomic mass is 32.2. The molecule has 140 valence electrons. The average molecular weight is 373 g/mol. The highest BCUT2D eigenvalue weighted by Gasteiger charge is 2.26. The summed E-state index contributed by atoms with van der Waals surface area (Å²) >= 11 is 1.50. The molecule has 1 aromatic carbocycles. The van der Waals surface area contributed by atoms with Crippen molar-refractivity contribution >= 4 is 17.7 Å². The summed E-state index contributed by atoms with van der Waals surface area (Å²) in [5.41, 5.74) is 2.28. The van der Waals surface area contributed by atoms with Crippen molar-refractivity contribution in [2.24, 2.45) is 11.8 Å². The van der Waals surface area contributed by atoms with Crippen molar-refractivity contribution in [3.63, 3.8) is 0 Å². The predicted molar refractivity (Wildman–Crippen MR) is 106 cm³/mol. The Balaban J connectivity index is 1.71. The molecule has 1 saturated heterocycles. The molecule has 1 amide bonds. The molecule has 0 aliphatic carbocycles. The lowest BCUT2D eigenvalue weighted by Crippen LogP contribution is -2.43. The van der Waals surface area contributed by atoms with Crippen LogP contribution >= 0.6 is 11.8 Å². The minimum absolute atomic E-state index is 0.205. The van der Waals surface area contributed by atoms with Gasteiger partial charge < -0.3 is 9.47 Å². The van der Waals surface area contributed by atoms with Crippen LogP contribution in [0.5, 0.6) is 0 Å². The predicted octanol–water partition coefficient (Wildman–Crippen LogP) is 3.87. The molecule has 0 spiro atoms. The van der Waals surface area contributed by atoms with Crippen LogP contribution in [0.2, 0.25) is 0 Å². The standard InChI is InChI=1S/C20H28N4OS/c1-5-24-19(17-9-7-6-8-16(17)4)21-22-20(24)26-13-18(25)23-11-14(2)10-15(3)12-23/h6-9,14-15H,5,10-13H2,1-4H3/t14-,15-/m0/s1. The van der Waals surface area contributed by atoms with Crippen LogP contribution in [0.15, 0.2) is 29.4 Å². The zero-order valence-electron chi connectivity index (χ0n) is 16.1. The number of likely N-dealkylation sites (tertiary alicyclic amines) is 1. The molecule has 1 aromatic heterocycles. The Labute approximate surface area is 160 Å². The molecule has 5 nitrogen and oxygen atoms in total. The number of carbonyl (C=O) groups is 1. The second-order valence-corrected chi connectivity index (χ2v) is 8.34. The zero-order valence-corrected chi connectivity index (χ0v) is 16.9. The Kier molecular flexibility index (Phi) is 6.01. The zero-order chi connectivity index (χ0) is 18.7. The van der Waals surface area contributed by atoms with Crippen molar-refractivity contribution in [2.45, 2.75) is 45.8 Å². The van der Waals surface area contributed by atoms with Gasteiger partial charge in [0, 0.05) is 25.2 Å². The molecule has 1 aliphatic heterocycles. The summed E-state index contributed by atoms with van der Waals surface area (Å²) in [6.45, 7) is 11.2. The molecular weight excluding hydrogens is 344 g/mol. The minimum atomic E-state index is 0.205. The van der Waals surface area contributed by atoms with Gasteiger partial charge in [-0.05, 0) is 37.7 Å². The van der Waals surface area contributed by atoms with E-state index in [0.29, 0.717) is 17.6 Å². The average Bonchev–Trinajstić information content (AvgIpc) is 3.01. The van der Waals surface area contributed by atoms with Gasteiger partial charge in [-0.1, -0.05) is 49.9 Å². The first-order chi connectivity index (χ1) is 12.5. The van der Waals surface area contributed by atoms with E-state index in [1.807, 2.05) is 17.0 Å². The number of benzene rings is 1. The molecule has 3 rings (SSSR count). The van der Waals surface area contributed by atoms with Crippen LogP contribution in [0.1, 0.15) is 32.8 Å². The second-order valence-electron chi connectivity index (χ2n) is 7.40. The summed E-state index contributed by atoms with van der Waals surface area (Å²) in [7, 11) is 0. The first-order valence-corrected chi connectivity index (χ1v) is 10.4. The number of hydrogen-bond acceptors (Lipinski definition) is 4. The molecular formula is C20H28N4OS. The Morgan fingerprint density at radius 1 is 1.19 bits per heavy atom. The van der Waals surface area contributed by atoms with E-state index in [1.165, 1.54) is 23.7 Å². The van der Waals surface area contributed by atoms with Gasteiger partial charge in [0.1, 0.15) is 0 Å². The lowest BCUT2D eigenvalue weighted by atomic mass is 9.92. The molecule has 6 heteroatoms. The Hall–Kier alpha value is -1.82. The van der Waals surface area contributed by atoms with Gasteiger partial charge in [-0.2, -0.15) is 0 Å². The number of thioether (sulfide) groups is 1. The summed E-state index contributed by atoms with van der Waals surface area (Å²) in [5, 5.41) is 9.57. The number of piperidine rings is 1. The van der Waals surface area contributed by atoms with Gasteiger partial charge in [-0.3, -0.25) is 4.79 Å². The molecule has 1 aliphatic rings. The third-order valence-electron chi connectivity index (χ3n) is 4.97. The van der Waals surface area contributed by atoms with Crippen LogP contribution < -0.4 is 0 Å². The maximum absolute atomic E-state index is 12.6. The monoisotopic (exact) mass is 372 g/mol. The van der Waals surface area contributed by atoms with Gasteiger partial charge in [-0.15, -0.1) is 10.2 Å². The Morgan fingerprint density at radius 2 is 1.88 bits per heavy atom. The van der Waals surface area contributed by atoms with Crippen molar-refractivity contribution in [1.29, 1.82) is 0 Å². The van der Waals surface area contributed by atoms with E-state index < -0.39 is 0 Å². The third-order valence-corrected chi connectivity index (χ3v) is 5.92. The molecule has 2 aromatic rings. The Morgan fingerprint density at radius 3 is 2.54 bits per heavy atom. The molecule has 0 radical (unpaired) electrons. The van der Waals surface area contributed by atoms with Gasteiger partial charge in [0.15, 0.2) is 11.0 Å². The molecule has 0 N–H and O–H groups in total. The van der Waals surface area contributed by atoms with E-state index in [2.05, 4.69) is 54.6 Å². The molecule has 1 fully saturated rings. The summed E-state index contributed by atoms with van der Waals surface area (Å²) in [6, 6.07) is 8.20. The second kappa shape index (κ2) is 8.25. The minimum Gasteiger partial charge on any atom is -0.341 e. The fourth-order valence-corrected chi connectivity index (χ4v) is 4.69. The maximum atomic E-state index is 12.6. The number of hydrogen-bond donors (Lipinski definition) is 0. The van der Waals surface area contributed by atoms with E-state index in [9.17, 15) is 4.79 Å². The molecule has 2 heterocycles. The van der Waals surface area contributed by atoms with E-state index in [0.717, 1.165) is 36.2 Å². The van der Waals surface area contributed by atoms with Gasteiger partial charge in [-0.25, -0.2) is 0 Å². The van der Waals surface area contributed by atoms with Crippen molar-refractivity contribution in [3.8, 4) is 11.4 Å². The van der Waals surface area contributed by atoms with Crippen molar-refractivity contribution < 1.29 is 4.79 Å². The quantitative estimate of drug-likeness (QED) is 0.748. The van der Waals surface area contributed by atoms with Gasteiger partial charge in [0.2, 0.25) is 5.91 Å². The number of rotatable bonds is 5. The van der Waals surface area contributed by atoms with Crippen LogP contribution in [0.3, 0.4) is 0 Å². The van der Waals surface area contributed by atoms with Gasteiger partial charge in [0.05, 0.1) is 5.75 Å². The van der Waals surface area contributed by atoms with Crippen molar-refractivity contribution in [3.05, 3.63) is 29.8 Å². The molecule has 26 heavy (non-hydrogen) atoms. The maximum Gasteiger partial charge on any atom is 0.233 e. The van der Waals surface area contributed by atoms with E-state index >= 15 is 0 Å². The van der Waals surface area contributed by atoms with Crippen LogP contribution in [0.25, 0.3) is 11.4 Å². The normalized spacial score (nSPS) is 20.4. The van der Waals surface area contributed by atoms with Crippen LogP contribution in [-0.4, -0.2) is 44.4 Å². The lowest BCUT2D eigenvalue weighted by Gasteiger charge is -2.34. The lowest BCUT2D eigenvalue weighted by molar-refractivity contribution is -0.130. The van der Waals surface area contributed by atoms with E-state index in [1.54, 1.807) is 0 Å². The largest absolute Gasteiger partial charge is 0.341 e. The molecule has 0 unspecified atom stereocenters. The molecule has 0 saturated carbocycles. The highest BCUT2D eigenvalue weighted by Crippen LogP contribution is 2.27. The number of aromatic nitrogens is 3. The number of nitrogens with zero attached hydrogens (tertiary/aromatic N) is 4. The first-order valence-electron chi connectivity index (χ1n) is 9.39. The summed E-state index contributed by atoms with van der Waals surface area (Å²) in [4.78, 5) is 14.7. The smallest absolute Gasteiger partial charge is 0.233 e. The molecule has 0 bridgehead atoms. The SMILES string of the molecule is CCn1c(SCC(=O)N2C[C@@H](C)C[C@H](C)C2)nnc1-c1ccccc1C. The number of amides is 1. The van der Waals surface area contributed by atoms with E-state index in [-0.39, 0.29) is 5.91 Å². The highest BCUT2D eigenvalue weighted by molar-refractivity contribution is 7.99. The Bertz CT molecular complexity index is 763.